The molecule has 1 aromatic heterocycles. The number of nitrogens with zero attached hydrogens (tertiary/aromatic N) is 2. The third-order valence-electron chi connectivity index (χ3n) is 2.05. The number of alkyl halides is 1. The molecule has 0 aliphatic rings. The molecule has 0 radical (unpaired) electrons. The fourth-order valence-electron chi connectivity index (χ4n) is 1.41. The lowest BCUT2D eigenvalue weighted by Gasteiger charge is -2.09. The molecule has 0 saturated carbocycles. The average Bonchev–Trinajstić information content (AvgIpc) is 2.77. The van der Waals surface area contributed by atoms with Crippen LogP contribution in [0.2, 0.25) is 0 Å². The zero-order valence-corrected chi connectivity index (χ0v) is 10.4. The van der Waals surface area contributed by atoms with Crippen LogP contribution in [0.5, 0.6) is 5.75 Å². The maximum Gasteiger partial charge on any atom is 0.241 e. The predicted molar refractivity (Wildman–Crippen MR) is 65.1 cm³/mol. The first kappa shape index (κ1) is 11.9. The Morgan fingerprint density at radius 1 is 1.41 bits per heavy atom. The van der Waals surface area contributed by atoms with Crippen LogP contribution >= 0.6 is 11.6 Å². The Morgan fingerprint density at radius 3 is 2.88 bits per heavy atom. The molecule has 0 unspecified atom stereocenters. The lowest BCUT2D eigenvalue weighted by atomic mass is 10.2. The third-order valence-corrected chi connectivity index (χ3v) is 2.28. The normalized spacial score (nSPS) is 10.8. The van der Waals surface area contributed by atoms with E-state index in [0.717, 1.165) is 11.3 Å². The minimum absolute atomic E-state index is 0.133. The molecule has 2 aromatic rings. The summed E-state index contributed by atoms with van der Waals surface area (Å²) in [6, 6.07) is 7.56. The molecule has 1 aromatic carbocycles. The minimum Gasteiger partial charge on any atom is -0.491 e. The fraction of sp³-hybridized carbons (Fsp3) is 0.333. The molecule has 0 fully saturated rings. The molecule has 5 heteroatoms. The van der Waals surface area contributed by atoms with Gasteiger partial charge in [-0.1, -0.05) is 17.3 Å². The molecule has 0 saturated heterocycles. The maximum atomic E-state index is 5.61. The number of benzene rings is 1. The van der Waals surface area contributed by atoms with Gasteiger partial charge in [-0.15, -0.1) is 11.6 Å². The molecule has 0 spiro atoms. The molecule has 4 nitrogen and oxygen atoms in total. The van der Waals surface area contributed by atoms with Crippen molar-refractivity contribution in [2.45, 2.75) is 25.8 Å². The van der Waals surface area contributed by atoms with Gasteiger partial charge in [-0.25, -0.2) is 0 Å². The van der Waals surface area contributed by atoms with E-state index in [4.69, 9.17) is 20.9 Å². The highest BCUT2D eigenvalue weighted by molar-refractivity contribution is 6.16. The largest absolute Gasteiger partial charge is 0.491 e. The summed E-state index contributed by atoms with van der Waals surface area (Å²) < 4.78 is 10.6. The molecule has 0 N–H and O–H groups in total. The second-order valence-corrected chi connectivity index (χ2v) is 4.11. The van der Waals surface area contributed by atoms with Gasteiger partial charge in [-0.2, -0.15) is 4.98 Å². The molecule has 0 aliphatic carbocycles. The quantitative estimate of drug-likeness (QED) is 0.784. The summed E-state index contributed by atoms with van der Waals surface area (Å²) in [7, 11) is 0. The summed E-state index contributed by atoms with van der Waals surface area (Å²) in [5, 5.41) is 3.85. The van der Waals surface area contributed by atoms with Gasteiger partial charge in [0.2, 0.25) is 11.7 Å². The monoisotopic (exact) mass is 252 g/mol. The molecule has 0 aliphatic heterocycles. The smallest absolute Gasteiger partial charge is 0.241 e. The Hall–Kier alpha value is -1.55. The zero-order chi connectivity index (χ0) is 12.3. The number of ether oxygens (including phenoxy) is 1. The third kappa shape index (κ3) is 2.97. The second-order valence-electron chi connectivity index (χ2n) is 3.84. The lowest BCUT2D eigenvalue weighted by Crippen LogP contribution is -2.05. The van der Waals surface area contributed by atoms with Crippen molar-refractivity contribution in [1.29, 1.82) is 0 Å². The van der Waals surface area contributed by atoms with Crippen LogP contribution in [-0.4, -0.2) is 16.2 Å². The highest BCUT2D eigenvalue weighted by Crippen LogP contribution is 2.22. The minimum atomic E-state index is 0.133. The molecule has 1 heterocycles. The summed E-state index contributed by atoms with van der Waals surface area (Å²) in [5.41, 5.74) is 0.850. The van der Waals surface area contributed by atoms with Crippen LogP contribution < -0.4 is 4.74 Å². The van der Waals surface area contributed by atoms with E-state index in [9.17, 15) is 0 Å². The first-order valence-electron chi connectivity index (χ1n) is 5.34. The van der Waals surface area contributed by atoms with Gasteiger partial charge in [-0.3, -0.25) is 0 Å². The molecule has 17 heavy (non-hydrogen) atoms. The van der Waals surface area contributed by atoms with E-state index in [-0.39, 0.29) is 12.0 Å². The maximum absolute atomic E-state index is 5.61. The number of hydrogen-bond donors (Lipinski definition) is 0. The molecule has 0 amide bonds. The summed E-state index contributed by atoms with van der Waals surface area (Å²) in [4.78, 5) is 4.15. The zero-order valence-electron chi connectivity index (χ0n) is 9.68. The van der Waals surface area contributed by atoms with Crippen molar-refractivity contribution in [3.8, 4) is 17.1 Å². The molecular formula is C12H13ClN2O2. The first-order chi connectivity index (χ1) is 8.19. The lowest BCUT2D eigenvalue weighted by molar-refractivity contribution is 0.242. The average molecular weight is 253 g/mol. The highest BCUT2D eigenvalue weighted by atomic mass is 35.5. The summed E-state index contributed by atoms with van der Waals surface area (Å²) in [5.74, 6) is 1.94. The summed E-state index contributed by atoms with van der Waals surface area (Å²) in [6.07, 6.45) is 0.133. The van der Waals surface area contributed by atoms with Gasteiger partial charge in [-0.05, 0) is 26.0 Å². The highest BCUT2D eigenvalue weighted by Gasteiger charge is 2.08. The molecule has 0 bridgehead atoms. The van der Waals surface area contributed by atoms with Crippen LogP contribution in [0.25, 0.3) is 11.4 Å². The van der Waals surface area contributed by atoms with E-state index in [2.05, 4.69) is 10.1 Å². The van der Waals surface area contributed by atoms with E-state index in [0.29, 0.717) is 11.7 Å². The van der Waals surface area contributed by atoms with E-state index in [1.54, 1.807) is 0 Å². The van der Waals surface area contributed by atoms with E-state index in [1.807, 2.05) is 38.1 Å². The van der Waals surface area contributed by atoms with Crippen molar-refractivity contribution in [3.05, 3.63) is 30.2 Å². The van der Waals surface area contributed by atoms with Crippen molar-refractivity contribution in [2.24, 2.45) is 0 Å². The Labute approximate surface area is 105 Å². The number of halogens is 1. The van der Waals surface area contributed by atoms with Gasteiger partial charge in [0.15, 0.2) is 0 Å². The van der Waals surface area contributed by atoms with Crippen LogP contribution in [0.1, 0.15) is 19.7 Å². The molecule has 90 valence electrons. The van der Waals surface area contributed by atoms with Gasteiger partial charge < -0.3 is 9.26 Å². The van der Waals surface area contributed by atoms with Crippen LogP contribution in [0, 0.1) is 0 Å². The van der Waals surface area contributed by atoms with Crippen molar-refractivity contribution in [2.75, 3.05) is 0 Å². The van der Waals surface area contributed by atoms with E-state index < -0.39 is 0 Å². The molecular weight excluding hydrogens is 240 g/mol. The van der Waals surface area contributed by atoms with Crippen molar-refractivity contribution in [3.63, 3.8) is 0 Å². The summed E-state index contributed by atoms with van der Waals surface area (Å²) >= 11 is 5.61. The number of rotatable bonds is 4. The van der Waals surface area contributed by atoms with Gasteiger partial charge in [0.05, 0.1) is 6.10 Å². The Balaban J connectivity index is 2.26. The van der Waals surface area contributed by atoms with Crippen molar-refractivity contribution >= 4 is 11.6 Å². The number of aromatic nitrogens is 2. The van der Waals surface area contributed by atoms with Gasteiger partial charge >= 0.3 is 0 Å². The van der Waals surface area contributed by atoms with Crippen LogP contribution in [0.4, 0.5) is 0 Å². The topological polar surface area (TPSA) is 48.2 Å². The van der Waals surface area contributed by atoms with Crippen LogP contribution in [-0.2, 0) is 5.88 Å². The van der Waals surface area contributed by atoms with E-state index >= 15 is 0 Å². The number of hydrogen-bond acceptors (Lipinski definition) is 4. The summed E-state index contributed by atoms with van der Waals surface area (Å²) in [6.45, 7) is 3.96. The van der Waals surface area contributed by atoms with Gasteiger partial charge in [0, 0.05) is 5.56 Å². The standard InChI is InChI=1S/C12H13ClN2O2/c1-8(2)16-10-5-3-4-9(6-10)12-14-11(7-13)17-15-12/h3-6,8H,7H2,1-2H3. The van der Waals surface area contributed by atoms with Crippen molar-refractivity contribution in [1.82, 2.24) is 10.1 Å². The Morgan fingerprint density at radius 2 is 2.24 bits per heavy atom. The Kier molecular flexibility index (Phi) is 3.64. The Bertz CT molecular complexity index is 497. The second kappa shape index (κ2) is 5.19. The molecule has 2 rings (SSSR count). The van der Waals surface area contributed by atoms with E-state index in [1.165, 1.54) is 0 Å². The van der Waals surface area contributed by atoms with Crippen LogP contribution in [0.15, 0.2) is 28.8 Å². The van der Waals surface area contributed by atoms with Crippen molar-refractivity contribution < 1.29 is 9.26 Å². The first-order valence-corrected chi connectivity index (χ1v) is 5.88. The SMILES string of the molecule is CC(C)Oc1cccc(-c2noc(CCl)n2)c1. The predicted octanol–water partition coefficient (Wildman–Crippen LogP) is 3.26. The molecule has 0 atom stereocenters. The fourth-order valence-corrected chi connectivity index (χ4v) is 1.52. The van der Waals surface area contributed by atoms with Crippen LogP contribution in [0.3, 0.4) is 0 Å². The van der Waals surface area contributed by atoms with Gasteiger partial charge in [0.1, 0.15) is 11.6 Å². The van der Waals surface area contributed by atoms with Gasteiger partial charge in [0.25, 0.3) is 0 Å².